The number of carbonyl (C=O) groups excluding carboxylic acids is 4. The molecule has 0 aliphatic carbocycles. The molecular weight excluding hydrogens is 1080 g/mol. The Morgan fingerprint density at radius 3 is 0.938 bits per heavy atom. The van der Waals surface area contributed by atoms with E-state index in [-0.39, 0.29) is 25.7 Å². The van der Waals surface area contributed by atoms with E-state index in [1.54, 1.807) is 0 Å². The molecule has 0 saturated heterocycles. The predicted octanol–water partition coefficient (Wildman–Crippen LogP) is 16.7. The number of aliphatic hydroxyl groups excluding tert-OH is 1. The van der Waals surface area contributed by atoms with Gasteiger partial charge in [0.1, 0.15) is 19.3 Å². The lowest BCUT2D eigenvalue weighted by Gasteiger charge is -2.21. The number of hydrogen-bond donors (Lipinski definition) is 3. The van der Waals surface area contributed by atoms with Gasteiger partial charge in [0.25, 0.3) is 0 Å². The van der Waals surface area contributed by atoms with Crippen molar-refractivity contribution in [2.75, 3.05) is 39.6 Å². The maximum Gasteiger partial charge on any atom is 0.472 e. The van der Waals surface area contributed by atoms with Crippen LogP contribution in [0.3, 0.4) is 0 Å². The summed E-state index contributed by atoms with van der Waals surface area (Å²) in [5.41, 5.74) is 0. The van der Waals surface area contributed by atoms with Crippen LogP contribution in [0.4, 0.5) is 0 Å². The summed E-state index contributed by atoms with van der Waals surface area (Å²) in [7, 11) is -9.88. The number of phosphoric acid groups is 2. The summed E-state index contributed by atoms with van der Waals surface area (Å²) in [5.74, 6) is 0.112. The number of rotatable bonds is 60. The van der Waals surface area contributed by atoms with E-state index in [4.69, 9.17) is 37.0 Å². The molecule has 0 rings (SSSR count). The Hall–Kier alpha value is -1.94. The number of carbonyl (C=O) groups is 4. The van der Waals surface area contributed by atoms with Crippen LogP contribution in [0.15, 0.2) is 0 Å². The van der Waals surface area contributed by atoms with Crippen LogP contribution in [-0.4, -0.2) is 96.7 Å². The van der Waals surface area contributed by atoms with Crippen LogP contribution in [0.2, 0.25) is 0 Å². The van der Waals surface area contributed by atoms with Gasteiger partial charge in [-0.2, -0.15) is 0 Å². The third-order valence-electron chi connectivity index (χ3n) is 14.9. The average Bonchev–Trinajstić information content (AvgIpc) is 3.43. The van der Waals surface area contributed by atoms with Crippen molar-refractivity contribution in [3.63, 3.8) is 0 Å². The highest BCUT2D eigenvalue weighted by molar-refractivity contribution is 7.47. The Kier molecular flexibility index (Phi) is 52.2. The molecule has 7 atom stereocenters. The highest BCUT2D eigenvalue weighted by Crippen LogP contribution is 2.45. The first-order valence-electron chi connectivity index (χ1n) is 32.4. The van der Waals surface area contributed by atoms with Crippen LogP contribution in [0.5, 0.6) is 0 Å². The van der Waals surface area contributed by atoms with Crippen LogP contribution >= 0.6 is 15.6 Å². The average molecular weight is 1200 g/mol. The third-order valence-corrected chi connectivity index (χ3v) is 16.8. The fourth-order valence-corrected chi connectivity index (χ4v) is 10.6. The molecule has 0 bridgehead atoms. The Morgan fingerprint density at radius 1 is 0.358 bits per heavy atom. The second kappa shape index (κ2) is 53.5. The van der Waals surface area contributed by atoms with Gasteiger partial charge < -0.3 is 33.8 Å². The first-order chi connectivity index (χ1) is 38.8. The molecule has 19 heteroatoms. The number of aliphatic hydroxyl groups is 1. The Bertz CT molecular complexity index is 1620. The molecule has 0 aromatic heterocycles. The molecule has 0 heterocycles. The van der Waals surface area contributed by atoms with Gasteiger partial charge in [-0.15, -0.1) is 0 Å². The van der Waals surface area contributed by atoms with Crippen LogP contribution in [0.1, 0.15) is 299 Å². The maximum atomic E-state index is 13.0. The van der Waals surface area contributed by atoms with Crippen molar-refractivity contribution >= 4 is 39.5 Å². The second-order valence-electron chi connectivity index (χ2n) is 23.4. The molecule has 0 aromatic rings. The van der Waals surface area contributed by atoms with Crippen molar-refractivity contribution in [3.05, 3.63) is 0 Å². The number of ether oxygens (including phenoxy) is 4. The number of esters is 4. The van der Waals surface area contributed by atoms with E-state index < -0.39 is 97.5 Å². The maximum absolute atomic E-state index is 13.0. The van der Waals surface area contributed by atoms with Crippen molar-refractivity contribution in [3.8, 4) is 0 Å². The van der Waals surface area contributed by atoms with Gasteiger partial charge in [0, 0.05) is 25.7 Å². The van der Waals surface area contributed by atoms with E-state index >= 15 is 0 Å². The molecule has 0 radical (unpaired) electrons. The second-order valence-corrected chi connectivity index (χ2v) is 26.3. The molecule has 4 unspecified atom stereocenters. The smallest absolute Gasteiger partial charge is 0.462 e. The van der Waals surface area contributed by atoms with Crippen LogP contribution in [0, 0.1) is 17.8 Å². The molecule has 0 amide bonds. The summed E-state index contributed by atoms with van der Waals surface area (Å²) in [6.45, 7) is 11.6. The normalized spacial score (nSPS) is 15.1. The van der Waals surface area contributed by atoms with E-state index in [0.717, 1.165) is 114 Å². The molecule has 0 fully saturated rings. The number of phosphoric ester groups is 2. The van der Waals surface area contributed by atoms with Gasteiger partial charge in [0.2, 0.25) is 0 Å². The van der Waals surface area contributed by atoms with Crippen LogP contribution < -0.4 is 0 Å². The summed E-state index contributed by atoms with van der Waals surface area (Å²) in [6.07, 6.45) is 33.8. The van der Waals surface area contributed by atoms with Crippen molar-refractivity contribution < 1.29 is 80.2 Å². The Labute approximate surface area is 492 Å². The lowest BCUT2D eigenvalue weighted by molar-refractivity contribution is -0.161. The summed E-state index contributed by atoms with van der Waals surface area (Å²) in [4.78, 5) is 71.9. The molecule has 3 N–H and O–H groups in total. The zero-order valence-electron chi connectivity index (χ0n) is 52.2. The van der Waals surface area contributed by atoms with E-state index in [9.17, 15) is 43.2 Å². The van der Waals surface area contributed by atoms with Gasteiger partial charge in [-0.1, -0.05) is 248 Å². The van der Waals surface area contributed by atoms with Crippen LogP contribution in [-0.2, 0) is 65.4 Å². The first kappa shape index (κ1) is 79.1. The van der Waals surface area contributed by atoms with Gasteiger partial charge in [-0.3, -0.25) is 37.3 Å². The van der Waals surface area contributed by atoms with Crippen molar-refractivity contribution in [2.45, 2.75) is 317 Å². The summed E-state index contributed by atoms with van der Waals surface area (Å²) in [5, 5.41) is 10.5. The number of hydrogen-bond acceptors (Lipinski definition) is 15. The van der Waals surface area contributed by atoms with Crippen molar-refractivity contribution in [1.82, 2.24) is 0 Å². The zero-order chi connectivity index (χ0) is 60.3. The van der Waals surface area contributed by atoms with E-state index in [1.807, 2.05) is 0 Å². The highest BCUT2D eigenvalue weighted by Gasteiger charge is 2.30. The molecule has 0 aliphatic rings. The highest BCUT2D eigenvalue weighted by atomic mass is 31.2. The quantitative estimate of drug-likeness (QED) is 0.0222. The molecule has 0 aliphatic heterocycles. The topological polar surface area (TPSA) is 237 Å². The van der Waals surface area contributed by atoms with Gasteiger partial charge in [0.05, 0.1) is 26.4 Å². The monoisotopic (exact) mass is 1200 g/mol. The fourth-order valence-electron chi connectivity index (χ4n) is 9.06. The SMILES string of the molecule is CCCCCCCC(=O)OC[C@H](COP(=O)(O)OC[C@H](O)COP(=O)(O)OC[C@@H](COC(=O)CCCCCCCCCCC(C)CC)OC(=O)CCCCCCCCCCCCCC(C)C)OC(=O)CCCCCCCCC(C)CC. The molecule has 480 valence electrons. The minimum Gasteiger partial charge on any atom is -0.462 e. The van der Waals surface area contributed by atoms with E-state index in [2.05, 4.69) is 48.5 Å². The minimum atomic E-state index is -4.94. The summed E-state index contributed by atoms with van der Waals surface area (Å²) in [6, 6.07) is 0. The third kappa shape index (κ3) is 54.5. The molecular formula is C62H120O17P2. The predicted molar refractivity (Wildman–Crippen MR) is 321 cm³/mol. The Morgan fingerprint density at radius 2 is 0.630 bits per heavy atom. The van der Waals surface area contributed by atoms with Crippen LogP contribution in [0.25, 0.3) is 0 Å². The van der Waals surface area contributed by atoms with Crippen molar-refractivity contribution in [2.24, 2.45) is 17.8 Å². The van der Waals surface area contributed by atoms with E-state index in [0.29, 0.717) is 25.7 Å². The Balaban J connectivity index is 5.20. The van der Waals surface area contributed by atoms with Crippen molar-refractivity contribution in [1.29, 1.82) is 0 Å². The van der Waals surface area contributed by atoms with Gasteiger partial charge in [-0.05, 0) is 43.4 Å². The summed E-state index contributed by atoms with van der Waals surface area (Å²) < 4.78 is 67.7. The molecule has 17 nitrogen and oxygen atoms in total. The molecule has 81 heavy (non-hydrogen) atoms. The largest absolute Gasteiger partial charge is 0.472 e. The number of unbranched alkanes of at least 4 members (excludes halogenated alkanes) is 26. The minimum absolute atomic E-state index is 0.102. The standard InChI is InChI=1S/C62H120O17P2/c1-8-11-12-26-36-43-59(64)72-49-57(79-62(67)46-39-32-25-24-29-35-42-55(7)10-3)51-76-80(68,69)74-47-56(63)48-75-81(70,71)77-52-58(50-73-60(65)44-37-30-22-19-18-21-28-34-41-54(6)9-2)78-61(66)45-38-31-23-17-15-13-14-16-20-27-33-40-53(4)5/h53-58,63H,8-52H2,1-7H3,(H,68,69)(H,70,71)/t54?,55?,56-,57+,58+/m0/s1. The molecule has 0 spiro atoms. The molecule has 0 aromatic carbocycles. The van der Waals surface area contributed by atoms with Gasteiger partial charge in [-0.25, -0.2) is 9.13 Å². The van der Waals surface area contributed by atoms with Gasteiger partial charge >= 0.3 is 39.5 Å². The zero-order valence-corrected chi connectivity index (χ0v) is 54.0. The first-order valence-corrected chi connectivity index (χ1v) is 35.4. The van der Waals surface area contributed by atoms with E-state index in [1.165, 1.54) is 103 Å². The van der Waals surface area contributed by atoms with Gasteiger partial charge in [0.15, 0.2) is 12.2 Å². The lowest BCUT2D eigenvalue weighted by atomic mass is 9.99. The summed E-state index contributed by atoms with van der Waals surface area (Å²) >= 11 is 0. The lowest BCUT2D eigenvalue weighted by Crippen LogP contribution is -2.30. The molecule has 0 saturated carbocycles. The fraction of sp³-hybridized carbons (Fsp3) is 0.935.